The maximum absolute atomic E-state index is 13.0. The van der Waals surface area contributed by atoms with Gasteiger partial charge >= 0.3 is 0 Å². The largest absolute Gasteiger partial charge is 0.382 e. The van der Waals surface area contributed by atoms with Crippen molar-refractivity contribution in [3.8, 4) is 34.6 Å². The van der Waals surface area contributed by atoms with Crippen LogP contribution in [0.3, 0.4) is 0 Å². The second kappa shape index (κ2) is 15.8. The first-order chi connectivity index (χ1) is 25.6. The van der Waals surface area contributed by atoms with E-state index in [0.29, 0.717) is 32.5 Å². The Hall–Kier alpha value is -6.50. The Bertz CT molecular complexity index is 2540. The van der Waals surface area contributed by atoms with Gasteiger partial charge in [-0.2, -0.15) is 20.7 Å². The third-order valence-electron chi connectivity index (χ3n) is 8.00. The molecule has 0 radical (unpaired) electrons. The van der Waals surface area contributed by atoms with Gasteiger partial charge in [-0.05, 0) is 83.9 Å². The molecule has 0 aliphatic heterocycles. The van der Waals surface area contributed by atoms with Crippen molar-refractivity contribution in [3.63, 3.8) is 0 Å². The molecule has 5 aromatic carbocycles. The topological polar surface area (TPSA) is 169 Å². The van der Waals surface area contributed by atoms with Crippen LogP contribution in [0.25, 0.3) is 22.5 Å². The number of ketones is 2. The van der Waals surface area contributed by atoms with E-state index in [4.69, 9.17) is 34.7 Å². The van der Waals surface area contributed by atoms with Gasteiger partial charge in [0.15, 0.2) is 11.4 Å². The molecule has 0 aliphatic carbocycles. The molecule has 0 aliphatic rings. The highest BCUT2D eigenvalue weighted by molar-refractivity contribution is 9.10. The van der Waals surface area contributed by atoms with Gasteiger partial charge in [0.2, 0.25) is 11.6 Å². The maximum atomic E-state index is 13.0. The number of anilines is 2. The van der Waals surface area contributed by atoms with Crippen molar-refractivity contribution in [1.29, 1.82) is 10.5 Å². The number of halogens is 3. The quantitative estimate of drug-likeness (QED) is 0.151. The van der Waals surface area contributed by atoms with Crippen LogP contribution in [-0.2, 0) is 0 Å². The first-order valence-corrected chi connectivity index (χ1v) is 17.2. The lowest BCUT2D eigenvalue weighted by Gasteiger charge is -2.04. The van der Waals surface area contributed by atoms with E-state index in [1.165, 1.54) is 9.36 Å². The molecule has 0 atom stereocenters. The molecule has 13 heteroatoms. The highest BCUT2D eigenvalue weighted by Crippen LogP contribution is 2.27. The highest BCUT2D eigenvalue weighted by atomic mass is 79.9. The predicted octanol–water partition coefficient (Wildman–Crippen LogP) is 8.85. The van der Waals surface area contributed by atoms with Crippen molar-refractivity contribution in [1.82, 2.24) is 19.6 Å². The lowest BCUT2D eigenvalue weighted by molar-refractivity contribution is 0.102. The molecule has 4 N–H and O–H groups in total. The molecule has 2 aromatic heterocycles. The van der Waals surface area contributed by atoms with Crippen molar-refractivity contribution in [2.45, 2.75) is 0 Å². The average molecular weight is 801 g/mol. The van der Waals surface area contributed by atoms with Crippen LogP contribution < -0.4 is 11.5 Å². The van der Waals surface area contributed by atoms with Crippen molar-refractivity contribution in [2.75, 3.05) is 11.5 Å². The summed E-state index contributed by atoms with van der Waals surface area (Å²) < 4.78 is 3.59. The summed E-state index contributed by atoms with van der Waals surface area (Å²) in [5.41, 5.74) is 16.4. The van der Waals surface area contributed by atoms with Gasteiger partial charge in [0.1, 0.15) is 34.9 Å². The van der Waals surface area contributed by atoms with Gasteiger partial charge in [-0.3, -0.25) is 9.59 Å². The number of nitrogen functional groups attached to an aromatic ring is 2. The smallest absolute Gasteiger partial charge is 0.214 e. The van der Waals surface area contributed by atoms with Gasteiger partial charge in [0.05, 0.1) is 11.4 Å². The minimum atomic E-state index is -0.363. The SMILES string of the molecule is N#Cc1c(C(=O)c2ccc(-c3ccccc3)cc2)nn(-c2ccc(Cl)cc2)c1N.N#Cc1c(C(=O)c2ccc(Br)cc2)nn(-c2ccc(Cl)cc2)c1N. The molecule has 10 nitrogen and oxygen atoms in total. The monoisotopic (exact) mass is 798 g/mol. The molecule has 0 spiro atoms. The molecule has 7 rings (SSSR count). The highest BCUT2D eigenvalue weighted by Gasteiger charge is 2.25. The van der Waals surface area contributed by atoms with E-state index in [9.17, 15) is 20.1 Å². The Morgan fingerprint density at radius 3 is 1.34 bits per heavy atom. The number of rotatable bonds is 7. The molecule has 0 bridgehead atoms. The van der Waals surface area contributed by atoms with Crippen LogP contribution in [0.1, 0.15) is 43.2 Å². The lowest BCUT2D eigenvalue weighted by Crippen LogP contribution is -2.05. The van der Waals surface area contributed by atoms with E-state index in [1.54, 1.807) is 84.9 Å². The zero-order chi connectivity index (χ0) is 37.6. The van der Waals surface area contributed by atoms with Crippen molar-refractivity contribution in [3.05, 3.63) is 176 Å². The number of carbonyl (C=O) groups is 2. The number of benzene rings is 5. The summed E-state index contributed by atoms with van der Waals surface area (Å²) in [6, 6.07) is 41.4. The fraction of sp³-hybridized carbons (Fsp3) is 0. The summed E-state index contributed by atoms with van der Waals surface area (Å²) in [6.45, 7) is 0. The van der Waals surface area contributed by atoms with Crippen LogP contribution in [0.15, 0.2) is 132 Å². The Balaban J connectivity index is 0.000000185. The normalized spacial score (nSPS) is 10.4. The third kappa shape index (κ3) is 7.74. The number of hydrogen-bond donors (Lipinski definition) is 2. The van der Waals surface area contributed by atoms with E-state index in [1.807, 2.05) is 54.6 Å². The van der Waals surface area contributed by atoms with E-state index >= 15 is 0 Å². The zero-order valence-corrected chi connectivity index (χ0v) is 30.5. The maximum Gasteiger partial charge on any atom is 0.214 e. The molecule has 2 heterocycles. The van der Waals surface area contributed by atoms with Gasteiger partial charge in [-0.15, -0.1) is 0 Å². The van der Waals surface area contributed by atoms with Crippen LogP contribution in [0.5, 0.6) is 0 Å². The molecule has 0 saturated carbocycles. The summed E-state index contributed by atoms with van der Waals surface area (Å²) in [5.74, 6) is -0.501. The number of hydrogen-bond acceptors (Lipinski definition) is 8. The van der Waals surface area contributed by atoms with Gasteiger partial charge in [0, 0.05) is 25.6 Å². The Labute approximate surface area is 322 Å². The fourth-order valence-corrected chi connectivity index (χ4v) is 5.79. The number of nitrogens with two attached hydrogens (primary N) is 2. The van der Waals surface area contributed by atoms with E-state index in [0.717, 1.165) is 15.6 Å². The number of aromatic nitrogens is 4. The molecular weight excluding hydrogens is 775 g/mol. The van der Waals surface area contributed by atoms with Crippen LogP contribution in [0.4, 0.5) is 11.6 Å². The van der Waals surface area contributed by atoms with Crippen molar-refractivity contribution in [2.24, 2.45) is 0 Å². The minimum Gasteiger partial charge on any atom is -0.382 e. The van der Waals surface area contributed by atoms with E-state index in [-0.39, 0.29) is 45.7 Å². The third-order valence-corrected chi connectivity index (χ3v) is 9.03. The second-order valence-electron chi connectivity index (χ2n) is 11.3. The predicted molar refractivity (Wildman–Crippen MR) is 208 cm³/mol. The first-order valence-electron chi connectivity index (χ1n) is 15.7. The summed E-state index contributed by atoms with van der Waals surface area (Å²) in [4.78, 5) is 25.7. The Morgan fingerprint density at radius 2 is 0.943 bits per heavy atom. The van der Waals surface area contributed by atoms with Crippen LogP contribution in [0, 0.1) is 22.7 Å². The van der Waals surface area contributed by atoms with Gasteiger partial charge in [-0.1, -0.05) is 93.7 Å². The molecule has 7 aromatic rings. The molecule has 258 valence electrons. The van der Waals surface area contributed by atoms with Gasteiger partial charge in [-0.25, -0.2) is 9.36 Å². The summed E-state index contributed by atoms with van der Waals surface area (Å²) in [6.07, 6.45) is 0. The minimum absolute atomic E-state index is 0.0206. The molecule has 0 amide bonds. The number of nitriles is 2. The van der Waals surface area contributed by atoms with Crippen LogP contribution >= 0.6 is 39.1 Å². The van der Waals surface area contributed by atoms with E-state index < -0.39 is 0 Å². The zero-order valence-electron chi connectivity index (χ0n) is 27.4. The van der Waals surface area contributed by atoms with Gasteiger partial charge < -0.3 is 11.5 Å². The number of nitrogens with zero attached hydrogens (tertiary/aromatic N) is 6. The summed E-state index contributed by atoms with van der Waals surface area (Å²) in [5, 5.41) is 28.6. The molecule has 0 unspecified atom stereocenters. The molecule has 0 saturated heterocycles. The van der Waals surface area contributed by atoms with Crippen LogP contribution in [-0.4, -0.2) is 31.1 Å². The fourth-order valence-electron chi connectivity index (χ4n) is 5.28. The standard InChI is InChI=1S/C23H15ClN4O.C17H10BrClN4O/c24-18-10-12-19(13-11-18)28-23(26)20(14-25)21(27-28)22(29)17-8-6-16(7-9-17)15-4-2-1-3-5-15;18-11-3-1-10(2-4-11)16(24)15-14(9-20)17(21)23(22-15)13-7-5-12(19)6-8-13/h1-13H,26H2;1-8H,21H2. The van der Waals surface area contributed by atoms with Crippen molar-refractivity contribution < 1.29 is 9.59 Å². The first kappa shape index (κ1) is 36.3. The summed E-state index contributed by atoms with van der Waals surface area (Å²) in [7, 11) is 0. The average Bonchev–Trinajstić information content (AvgIpc) is 3.71. The van der Waals surface area contributed by atoms with E-state index in [2.05, 4.69) is 26.1 Å². The second-order valence-corrected chi connectivity index (χ2v) is 13.1. The van der Waals surface area contributed by atoms with Crippen molar-refractivity contribution >= 4 is 62.3 Å². The number of carbonyl (C=O) groups excluding carboxylic acids is 2. The van der Waals surface area contributed by atoms with Crippen LogP contribution in [0.2, 0.25) is 10.0 Å². The molecule has 53 heavy (non-hydrogen) atoms. The molecular formula is C40H25BrCl2N8O2. The Morgan fingerprint density at radius 1 is 0.566 bits per heavy atom. The molecule has 0 fully saturated rings. The summed E-state index contributed by atoms with van der Waals surface area (Å²) >= 11 is 15.1. The van der Waals surface area contributed by atoms with Gasteiger partial charge in [0.25, 0.3) is 0 Å². The Kier molecular flexibility index (Phi) is 10.8. The lowest BCUT2D eigenvalue weighted by atomic mass is 10.0.